The SMILES string of the molecule is CC1C2COCC2CC2OC21. The zero-order valence-electron chi connectivity index (χ0n) is 6.82. The maximum Gasteiger partial charge on any atom is 0.0871 e. The van der Waals surface area contributed by atoms with Gasteiger partial charge in [0.25, 0.3) is 0 Å². The van der Waals surface area contributed by atoms with Crippen LogP contribution in [-0.2, 0) is 9.47 Å². The van der Waals surface area contributed by atoms with E-state index >= 15 is 0 Å². The Balaban J connectivity index is 1.83. The summed E-state index contributed by atoms with van der Waals surface area (Å²) in [4.78, 5) is 0. The molecule has 0 amide bonds. The van der Waals surface area contributed by atoms with Crippen molar-refractivity contribution in [3.8, 4) is 0 Å². The Morgan fingerprint density at radius 3 is 3.09 bits per heavy atom. The second kappa shape index (κ2) is 1.99. The molecular formula is C9H14O2. The molecule has 5 unspecified atom stereocenters. The molecule has 2 nitrogen and oxygen atoms in total. The Bertz CT molecular complexity index is 178. The Hall–Kier alpha value is -0.0800. The maximum atomic E-state index is 5.57. The van der Waals surface area contributed by atoms with Crippen LogP contribution in [0, 0.1) is 17.8 Å². The van der Waals surface area contributed by atoms with Crippen LogP contribution in [0.3, 0.4) is 0 Å². The third-order valence-electron chi connectivity index (χ3n) is 3.60. The van der Waals surface area contributed by atoms with Gasteiger partial charge in [-0.15, -0.1) is 0 Å². The Kier molecular flexibility index (Phi) is 1.16. The Morgan fingerprint density at radius 2 is 2.18 bits per heavy atom. The largest absolute Gasteiger partial charge is 0.381 e. The fourth-order valence-corrected chi connectivity index (χ4v) is 2.79. The highest BCUT2D eigenvalue weighted by Crippen LogP contribution is 2.48. The van der Waals surface area contributed by atoms with E-state index in [0.29, 0.717) is 12.2 Å². The van der Waals surface area contributed by atoms with E-state index in [1.54, 1.807) is 0 Å². The lowest BCUT2D eigenvalue weighted by Crippen LogP contribution is -2.30. The molecule has 2 heterocycles. The summed E-state index contributed by atoms with van der Waals surface area (Å²) in [6.45, 7) is 4.29. The second-order valence-corrected chi connectivity index (χ2v) is 4.20. The molecule has 11 heavy (non-hydrogen) atoms. The summed E-state index contributed by atoms with van der Waals surface area (Å²) in [5.41, 5.74) is 0. The van der Waals surface area contributed by atoms with Crippen LogP contribution in [0.25, 0.3) is 0 Å². The standard InChI is InChI=1S/C9H14O2/c1-5-7-4-10-3-6(7)2-8-9(5)11-8/h5-9H,2-4H2,1H3. The van der Waals surface area contributed by atoms with Gasteiger partial charge in [0, 0.05) is 6.61 Å². The number of fused-ring (bicyclic) bond motifs is 2. The van der Waals surface area contributed by atoms with Gasteiger partial charge in [-0.3, -0.25) is 0 Å². The molecule has 5 atom stereocenters. The maximum absolute atomic E-state index is 5.57. The van der Waals surface area contributed by atoms with Crippen molar-refractivity contribution in [2.24, 2.45) is 17.8 Å². The smallest absolute Gasteiger partial charge is 0.0871 e. The van der Waals surface area contributed by atoms with Gasteiger partial charge in [0.05, 0.1) is 18.8 Å². The average Bonchev–Trinajstić information content (AvgIpc) is 2.59. The van der Waals surface area contributed by atoms with Crippen LogP contribution >= 0.6 is 0 Å². The highest BCUT2D eigenvalue weighted by atomic mass is 16.6. The topological polar surface area (TPSA) is 21.8 Å². The predicted octanol–water partition coefficient (Wildman–Crippen LogP) is 1.06. The summed E-state index contributed by atoms with van der Waals surface area (Å²) >= 11 is 0. The summed E-state index contributed by atoms with van der Waals surface area (Å²) < 4.78 is 11.0. The molecule has 3 fully saturated rings. The molecule has 1 saturated carbocycles. The van der Waals surface area contributed by atoms with E-state index in [2.05, 4.69) is 6.92 Å². The van der Waals surface area contributed by atoms with Gasteiger partial charge in [-0.25, -0.2) is 0 Å². The molecule has 0 aromatic rings. The minimum Gasteiger partial charge on any atom is -0.381 e. The van der Waals surface area contributed by atoms with Crippen molar-refractivity contribution in [2.75, 3.05) is 13.2 Å². The first-order valence-corrected chi connectivity index (χ1v) is 4.59. The molecule has 0 radical (unpaired) electrons. The Labute approximate surface area is 66.9 Å². The third kappa shape index (κ3) is 0.798. The van der Waals surface area contributed by atoms with Gasteiger partial charge < -0.3 is 9.47 Å². The number of hydrogen-bond donors (Lipinski definition) is 0. The molecule has 2 aliphatic heterocycles. The minimum absolute atomic E-state index is 0.595. The first-order valence-electron chi connectivity index (χ1n) is 4.59. The van der Waals surface area contributed by atoms with Crippen LogP contribution in [0.2, 0.25) is 0 Å². The average molecular weight is 154 g/mol. The van der Waals surface area contributed by atoms with Gasteiger partial charge in [-0.05, 0) is 24.2 Å². The van der Waals surface area contributed by atoms with Crippen molar-refractivity contribution in [2.45, 2.75) is 25.6 Å². The van der Waals surface area contributed by atoms with Crippen LogP contribution in [0.1, 0.15) is 13.3 Å². The molecule has 3 aliphatic rings. The lowest BCUT2D eigenvalue weighted by molar-refractivity contribution is 0.166. The molecule has 2 heteroatoms. The summed E-state index contributed by atoms with van der Waals surface area (Å²) in [6, 6.07) is 0. The zero-order chi connectivity index (χ0) is 7.42. The van der Waals surface area contributed by atoms with Gasteiger partial charge in [0.15, 0.2) is 0 Å². The first-order chi connectivity index (χ1) is 5.36. The van der Waals surface area contributed by atoms with Crippen molar-refractivity contribution in [3.05, 3.63) is 0 Å². The predicted molar refractivity (Wildman–Crippen MR) is 40.2 cm³/mol. The van der Waals surface area contributed by atoms with Crippen molar-refractivity contribution < 1.29 is 9.47 Å². The van der Waals surface area contributed by atoms with E-state index in [4.69, 9.17) is 9.47 Å². The molecular weight excluding hydrogens is 140 g/mol. The first kappa shape index (κ1) is 6.44. The van der Waals surface area contributed by atoms with Gasteiger partial charge in [-0.1, -0.05) is 6.92 Å². The summed E-state index contributed by atoms with van der Waals surface area (Å²) in [5, 5.41) is 0. The normalized spacial score (nSPS) is 60.3. The van der Waals surface area contributed by atoms with E-state index in [0.717, 1.165) is 31.0 Å². The van der Waals surface area contributed by atoms with Crippen molar-refractivity contribution in [1.82, 2.24) is 0 Å². The highest BCUT2D eigenvalue weighted by molar-refractivity contribution is 5.01. The lowest BCUT2D eigenvalue weighted by Gasteiger charge is -2.26. The van der Waals surface area contributed by atoms with E-state index in [9.17, 15) is 0 Å². The second-order valence-electron chi connectivity index (χ2n) is 4.20. The summed E-state index contributed by atoms with van der Waals surface area (Å²) in [7, 11) is 0. The summed E-state index contributed by atoms with van der Waals surface area (Å²) in [6.07, 6.45) is 2.46. The molecule has 2 saturated heterocycles. The Morgan fingerprint density at radius 1 is 1.27 bits per heavy atom. The molecule has 3 rings (SSSR count). The fourth-order valence-electron chi connectivity index (χ4n) is 2.79. The molecule has 1 aliphatic carbocycles. The third-order valence-corrected chi connectivity index (χ3v) is 3.60. The van der Waals surface area contributed by atoms with Crippen molar-refractivity contribution in [1.29, 1.82) is 0 Å². The molecule has 0 aromatic carbocycles. The monoisotopic (exact) mass is 154 g/mol. The van der Waals surface area contributed by atoms with Gasteiger partial charge in [0.1, 0.15) is 0 Å². The van der Waals surface area contributed by atoms with Crippen LogP contribution in [-0.4, -0.2) is 25.4 Å². The zero-order valence-corrected chi connectivity index (χ0v) is 6.82. The number of rotatable bonds is 0. The molecule has 0 N–H and O–H groups in total. The van der Waals surface area contributed by atoms with E-state index in [1.807, 2.05) is 0 Å². The molecule has 0 bridgehead atoms. The fraction of sp³-hybridized carbons (Fsp3) is 1.00. The lowest BCUT2D eigenvalue weighted by atomic mass is 9.75. The molecule has 0 aromatic heterocycles. The quantitative estimate of drug-likeness (QED) is 0.486. The van der Waals surface area contributed by atoms with E-state index < -0.39 is 0 Å². The summed E-state index contributed by atoms with van der Waals surface area (Å²) in [5.74, 6) is 2.37. The van der Waals surface area contributed by atoms with Crippen LogP contribution in [0.15, 0.2) is 0 Å². The van der Waals surface area contributed by atoms with Crippen LogP contribution in [0.4, 0.5) is 0 Å². The van der Waals surface area contributed by atoms with Crippen LogP contribution < -0.4 is 0 Å². The van der Waals surface area contributed by atoms with Gasteiger partial charge in [0.2, 0.25) is 0 Å². The highest BCUT2D eigenvalue weighted by Gasteiger charge is 2.54. The van der Waals surface area contributed by atoms with Crippen molar-refractivity contribution >= 4 is 0 Å². The van der Waals surface area contributed by atoms with E-state index in [1.165, 1.54) is 6.42 Å². The molecule has 62 valence electrons. The number of ether oxygens (including phenoxy) is 2. The minimum atomic E-state index is 0.595. The molecule has 0 spiro atoms. The van der Waals surface area contributed by atoms with E-state index in [-0.39, 0.29) is 0 Å². The van der Waals surface area contributed by atoms with Gasteiger partial charge >= 0.3 is 0 Å². The number of epoxide rings is 1. The number of hydrogen-bond acceptors (Lipinski definition) is 2. The van der Waals surface area contributed by atoms with Crippen LogP contribution in [0.5, 0.6) is 0 Å². The van der Waals surface area contributed by atoms with Crippen molar-refractivity contribution in [3.63, 3.8) is 0 Å². The van der Waals surface area contributed by atoms with Gasteiger partial charge in [-0.2, -0.15) is 0 Å².